The van der Waals surface area contributed by atoms with Gasteiger partial charge < -0.3 is 14.8 Å². The number of nitrogens with one attached hydrogen (secondary N) is 1. The van der Waals surface area contributed by atoms with E-state index in [1.165, 1.54) is 50.8 Å². The second-order valence-corrected chi connectivity index (χ2v) is 8.29. The predicted molar refractivity (Wildman–Crippen MR) is 131 cm³/mol. The fourth-order valence-electron chi connectivity index (χ4n) is 3.53. The van der Waals surface area contributed by atoms with Gasteiger partial charge >= 0.3 is 6.18 Å². The van der Waals surface area contributed by atoms with Crippen molar-refractivity contribution >= 4 is 11.5 Å². The topological polar surface area (TPSA) is 56.3 Å². The lowest BCUT2D eigenvalue weighted by molar-refractivity contribution is -0.138. The smallest absolute Gasteiger partial charge is 0.421 e. The Bertz CT molecular complexity index is 1030. The van der Waals surface area contributed by atoms with Gasteiger partial charge in [0.15, 0.2) is 0 Å². The molecule has 1 aromatic carbocycles. The SMILES string of the molecule is CCCCCCCCCCOc1cccc(Nc2ccc(Oc3ncccc3C(F)(F)F)cc2)n1. The number of alkyl halides is 3. The molecule has 0 saturated carbocycles. The lowest BCUT2D eigenvalue weighted by atomic mass is 10.1. The minimum absolute atomic E-state index is 0.246. The first-order chi connectivity index (χ1) is 17.0. The number of pyridine rings is 2. The molecule has 0 bridgehead atoms. The van der Waals surface area contributed by atoms with Gasteiger partial charge in [-0.1, -0.05) is 57.9 Å². The molecule has 2 heterocycles. The van der Waals surface area contributed by atoms with Crippen molar-refractivity contribution in [1.82, 2.24) is 9.97 Å². The number of hydrogen-bond donors (Lipinski definition) is 1. The van der Waals surface area contributed by atoms with E-state index in [4.69, 9.17) is 9.47 Å². The van der Waals surface area contributed by atoms with Crippen LogP contribution in [-0.4, -0.2) is 16.6 Å². The summed E-state index contributed by atoms with van der Waals surface area (Å²) in [6.45, 7) is 2.86. The minimum Gasteiger partial charge on any atom is -0.478 e. The van der Waals surface area contributed by atoms with Gasteiger partial charge in [-0.2, -0.15) is 18.2 Å². The Balaban J connectivity index is 1.46. The van der Waals surface area contributed by atoms with Crippen LogP contribution in [-0.2, 0) is 6.18 Å². The number of halogens is 3. The maximum atomic E-state index is 13.1. The molecule has 0 aliphatic rings. The first-order valence-corrected chi connectivity index (χ1v) is 12.1. The molecular formula is C27H32F3N3O2. The molecule has 0 unspecified atom stereocenters. The molecule has 0 aliphatic carbocycles. The number of hydrogen-bond acceptors (Lipinski definition) is 5. The van der Waals surface area contributed by atoms with Gasteiger partial charge in [-0.3, -0.25) is 0 Å². The number of anilines is 2. The fraction of sp³-hybridized carbons (Fsp3) is 0.407. The highest BCUT2D eigenvalue weighted by molar-refractivity contribution is 5.57. The van der Waals surface area contributed by atoms with E-state index in [2.05, 4.69) is 22.2 Å². The highest BCUT2D eigenvalue weighted by atomic mass is 19.4. The number of nitrogens with zero attached hydrogens (tertiary/aromatic N) is 2. The highest BCUT2D eigenvalue weighted by Crippen LogP contribution is 2.36. The summed E-state index contributed by atoms with van der Waals surface area (Å²) in [5.41, 5.74) is -0.211. The molecule has 0 radical (unpaired) electrons. The second kappa shape index (κ2) is 13.6. The zero-order valence-electron chi connectivity index (χ0n) is 20.0. The van der Waals surface area contributed by atoms with E-state index in [0.29, 0.717) is 24.0 Å². The Hall–Kier alpha value is -3.29. The summed E-state index contributed by atoms with van der Waals surface area (Å²) >= 11 is 0. The normalized spacial score (nSPS) is 11.3. The van der Waals surface area contributed by atoms with Gasteiger partial charge in [-0.15, -0.1) is 0 Å². The summed E-state index contributed by atoms with van der Waals surface area (Å²) in [7, 11) is 0. The summed E-state index contributed by atoms with van der Waals surface area (Å²) < 4.78 is 50.5. The summed E-state index contributed by atoms with van der Waals surface area (Å²) in [5, 5.41) is 3.16. The summed E-state index contributed by atoms with van der Waals surface area (Å²) in [5.74, 6) is 0.919. The van der Waals surface area contributed by atoms with Crippen molar-refractivity contribution < 1.29 is 22.6 Å². The van der Waals surface area contributed by atoms with Gasteiger partial charge in [0.25, 0.3) is 0 Å². The standard InChI is InChI=1S/C27H32F3N3O2/c1-2-3-4-5-6-7-8-9-20-34-25-14-10-13-24(33-25)32-21-15-17-22(18-16-21)35-26-23(27(28,29)30)12-11-19-31-26/h10-19H,2-9,20H2,1H3,(H,32,33). The van der Waals surface area contributed by atoms with Crippen LogP contribution in [0.3, 0.4) is 0 Å². The molecule has 3 rings (SSSR count). The molecule has 3 aromatic rings. The van der Waals surface area contributed by atoms with Crippen LogP contribution < -0.4 is 14.8 Å². The van der Waals surface area contributed by atoms with Crippen LogP contribution in [0.5, 0.6) is 17.5 Å². The van der Waals surface area contributed by atoms with Crippen LogP contribution in [0.1, 0.15) is 63.9 Å². The van der Waals surface area contributed by atoms with Crippen molar-refractivity contribution in [3.05, 3.63) is 66.4 Å². The van der Waals surface area contributed by atoms with Gasteiger partial charge in [0.1, 0.15) is 17.1 Å². The number of rotatable bonds is 14. The minimum atomic E-state index is -4.54. The van der Waals surface area contributed by atoms with Crippen molar-refractivity contribution in [2.24, 2.45) is 0 Å². The first-order valence-electron chi connectivity index (χ1n) is 12.1. The van der Waals surface area contributed by atoms with E-state index in [1.807, 2.05) is 18.2 Å². The van der Waals surface area contributed by atoms with Crippen LogP contribution in [0.25, 0.3) is 0 Å². The van der Waals surface area contributed by atoms with E-state index in [1.54, 1.807) is 24.3 Å². The molecule has 5 nitrogen and oxygen atoms in total. The van der Waals surface area contributed by atoms with Crippen LogP contribution in [0.2, 0.25) is 0 Å². The molecule has 0 fully saturated rings. The Morgan fingerprint density at radius 1 is 0.829 bits per heavy atom. The van der Waals surface area contributed by atoms with Crippen molar-refractivity contribution in [3.8, 4) is 17.5 Å². The number of unbranched alkanes of at least 4 members (excludes halogenated alkanes) is 7. The molecule has 0 atom stereocenters. The Morgan fingerprint density at radius 3 is 2.26 bits per heavy atom. The summed E-state index contributed by atoms with van der Waals surface area (Å²) in [6, 6.07) is 14.2. The van der Waals surface area contributed by atoms with E-state index >= 15 is 0 Å². The molecule has 0 aliphatic heterocycles. The van der Waals surface area contributed by atoms with Crippen LogP contribution >= 0.6 is 0 Å². The van der Waals surface area contributed by atoms with E-state index in [9.17, 15) is 13.2 Å². The van der Waals surface area contributed by atoms with Crippen molar-refractivity contribution in [1.29, 1.82) is 0 Å². The van der Waals surface area contributed by atoms with Gasteiger partial charge in [-0.25, -0.2) is 4.98 Å². The Morgan fingerprint density at radius 2 is 1.54 bits per heavy atom. The maximum absolute atomic E-state index is 13.1. The quantitative estimate of drug-likeness (QED) is 0.231. The molecule has 0 saturated heterocycles. The van der Waals surface area contributed by atoms with E-state index in [-0.39, 0.29) is 5.75 Å². The Kier molecular flexibility index (Phi) is 10.2. The number of aromatic nitrogens is 2. The second-order valence-electron chi connectivity index (χ2n) is 8.29. The molecule has 35 heavy (non-hydrogen) atoms. The van der Waals surface area contributed by atoms with Gasteiger partial charge in [0.05, 0.1) is 6.61 Å². The zero-order chi connectivity index (χ0) is 24.9. The molecule has 0 amide bonds. The first kappa shape index (κ1) is 26.3. The number of benzene rings is 1. The van der Waals surface area contributed by atoms with Crippen LogP contribution in [0.4, 0.5) is 24.7 Å². The molecule has 8 heteroatoms. The zero-order valence-corrected chi connectivity index (χ0v) is 20.0. The maximum Gasteiger partial charge on any atom is 0.421 e. The van der Waals surface area contributed by atoms with Crippen LogP contribution in [0.15, 0.2) is 60.8 Å². The van der Waals surface area contributed by atoms with Crippen LogP contribution in [0, 0.1) is 0 Å². The molecule has 2 aromatic heterocycles. The average Bonchev–Trinajstić information content (AvgIpc) is 2.84. The third-order valence-corrected chi connectivity index (χ3v) is 5.39. The molecule has 0 spiro atoms. The highest BCUT2D eigenvalue weighted by Gasteiger charge is 2.35. The molecule has 188 valence electrons. The van der Waals surface area contributed by atoms with Crippen molar-refractivity contribution in [2.75, 3.05) is 11.9 Å². The summed E-state index contributed by atoms with van der Waals surface area (Å²) in [6.07, 6.45) is 6.63. The Labute approximate surface area is 204 Å². The fourth-order valence-corrected chi connectivity index (χ4v) is 3.53. The van der Waals surface area contributed by atoms with Crippen molar-refractivity contribution in [2.45, 2.75) is 64.5 Å². The monoisotopic (exact) mass is 487 g/mol. The lowest BCUT2D eigenvalue weighted by Crippen LogP contribution is -2.08. The third-order valence-electron chi connectivity index (χ3n) is 5.39. The largest absolute Gasteiger partial charge is 0.478 e. The average molecular weight is 488 g/mol. The molecule has 1 N–H and O–H groups in total. The number of ether oxygens (including phenoxy) is 2. The van der Waals surface area contributed by atoms with Gasteiger partial charge in [0, 0.05) is 18.0 Å². The van der Waals surface area contributed by atoms with Crippen molar-refractivity contribution in [3.63, 3.8) is 0 Å². The van der Waals surface area contributed by atoms with Gasteiger partial charge in [0.2, 0.25) is 11.8 Å². The summed E-state index contributed by atoms with van der Waals surface area (Å²) in [4.78, 5) is 8.18. The third kappa shape index (κ3) is 9.11. The lowest BCUT2D eigenvalue weighted by Gasteiger charge is -2.13. The predicted octanol–water partition coefficient (Wildman–Crippen LogP) is 8.55. The van der Waals surface area contributed by atoms with E-state index < -0.39 is 17.6 Å². The van der Waals surface area contributed by atoms with Gasteiger partial charge in [-0.05, 0) is 48.9 Å². The van der Waals surface area contributed by atoms with E-state index in [0.717, 1.165) is 18.9 Å². The molecular weight excluding hydrogens is 455 g/mol.